The Morgan fingerprint density at radius 2 is 1.72 bits per heavy atom. The second-order valence-electron chi connectivity index (χ2n) is 4.54. The topological polar surface area (TPSA) is 3.24 Å². The van der Waals surface area contributed by atoms with Gasteiger partial charge in [-0.05, 0) is 35.7 Å². The van der Waals surface area contributed by atoms with Crippen LogP contribution in [0.5, 0.6) is 0 Å². The Hall–Kier alpha value is -1.18. The van der Waals surface area contributed by atoms with E-state index < -0.39 is 0 Å². The third-order valence-corrected chi connectivity index (χ3v) is 3.92. The molecule has 0 saturated carbocycles. The Morgan fingerprint density at radius 3 is 2.50 bits per heavy atom. The van der Waals surface area contributed by atoms with Crippen LogP contribution in [-0.4, -0.2) is 6.54 Å². The van der Waals surface area contributed by atoms with Crippen LogP contribution in [0.2, 0.25) is 10.0 Å². The van der Waals surface area contributed by atoms with Crippen LogP contribution < -0.4 is 4.90 Å². The van der Waals surface area contributed by atoms with E-state index in [2.05, 4.69) is 29.2 Å². The zero-order chi connectivity index (χ0) is 12.5. The third kappa shape index (κ3) is 2.21. The number of benzene rings is 2. The van der Waals surface area contributed by atoms with Gasteiger partial charge in [0.1, 0.15) is 0 Å². The van der Waals surface area contributed by atoms with E-state index in [4.69, 9.17) is 23.2 Å². The Morgan fingerprint density at radius 1 is 0.944 bits per heavy atom. The standard InChI is InChI=1S/C15H13Cl2N/c16-13-5-6-15(14(17)9-13)18-8-7-11-3-1-2-4-12(11)10-18/h1-6,9H,7-8,10H2. The Bertz CT molecular complexity index is 580. The van der Waals surface area contributed by atoms with Crippen LogP contribution in [-0.2, 0) is 13.0 Å². The molecule has 1 aliphatic heterocycles. The summed E-state index contributed by atoms with van der Waals surface area (Å²) in [6, 6.07) is 14.3. The van der Waals surface area contributed by atoms with Gasteiger partial charge in [-0.2, -0.15) is 0 Å². The van der Waals surface area contributed by atoms with Gasteiger partial charge >= 0.3 is 0 Å². The first-order chi connectivity index (χ1) is 8.74. The van der Waals surface area contributed by atoms with Gasteiger partial charge in [-0.25, -0.2) is 0 Å². The second kappa shape index (κ2) is 4.83. The predicted octanol–water partition coefficient (Wildman–Crippen LogP) is 4.56. The van der Waals surface area contributed by atoms with E-state index in [0.717, 1.165) is 30.2 Å². The summed E-state index contributed by atoms with van der Waals surface area (Å²) in [5.74, 6) is 0. The molecular weight excluding hydrogens is 265 g/mol. The molecule has 1 heterocycles. The van der Waals surface area contributed by atoms with E-state index >= 15 is 0 Å². The minimum atomic E-state index is 0.682. The Kier molecular flexibility index (Phi) is 3.19. The molecule has 0 aromatic heterocycles. The summed E-state index contributed by atoms with van der Waals surface area (Å²) in [5, 5.41) is 1.41. The first-order valence-corrected chi connectivity index (χ1v) is 6.76. The quantitative estimate of drug-likeness (QED) is 0.739. The number of hydrogen-bond donors (Lipinski definition) is 0. The maximum atomic E-state index is 6.26. The van der Waals surface area contributed by atoms with Crippen molar-refractivity contribution in [2.45, 2.75) is 13.0 Å². The Labute approximate surface area is 117 Å². The fourth-order valence-electron chi connectivity index (χ4n) is 2.44. The molecule has 3 heteroatoms. The summed E-state index contributed by atoms with van der Waals surface area (Å²) in [4.78, 5) is 2.31. The molecule has 0 bridgehead atoms. The molecule has 0 atom stereocenters. The highest BCUT2D eigenvalue weighted by molar-refractivity contribution is 6.36. The van der Waals surface area contributed by atoms with Gasteiger partial charge in [0.25, 0.3) is 0 Å². The molecule has 2 aromatic carbocycles. The minimum absolute atomic E-state index is 0.682. The first-order valence-electron chi connectivity index (χ1n) is 6.01. The fourth-order valence-corrected chi connectivity index (χ4v) is 2.97. The maximum Gasteiger partial charge on any atom is 0.0654 e. The minimum Gasteiger partial charge on any atom is -0.366 e. The summed E-state index contributed by atoms with van der Waals surface area (Å²) in [7, 11) is 0. The van der Waals surface area contributed by atoms with Crippen LogP contribution in [0.25, 0.3) is 0 Å². The van der Waals surface area contributed by atoms with Crippen LogP contribution in [0.15, 0.2) is 42.5 Å². The number of halogens is 2. The molecule has 0 aliphatic carbocycles. The van der Waals surface area contributed by atoms with Crippen LogP contribution in [0, 0.1) is 0 Å². The van der Waals surface area contributed by atoms with Crippen molar-refractivity contribution in [1.82, 2.24) is 0 Å². The molecule has 0 radical (unpaired) electrons. The lowest BCUT2D eigenvalue weighted by molar-refractivity contribution is 0.732. The van der Waals surface area contributed by atoms with Crippen molar-refractivity contribution in [2.75, 3.05) is 11.4 Å². The molecule has 0 unspecified atom stereocenters. The van der Waals surface area contributed by atoms with Gasteiger partial charge in [0.15, 0.2) is 0 Å². The molecule has 1 aliphatic rings. The summed E-state index contributed by atoms with van der Waals surface area (Å²) < 4.78 is 0. The SMILES string of the molecule is Clc1ccc(N2CCc3ccccc3C2)c(Cl)c1. The van der Waals surface area contributed by atoms with Crippen LogP contribution >= 0.6 is 23.2 Å². The number of hydrogen-bond acceptors (Lipinski definition) is 1. The van der Waals surface area contributed by atoms with Crippen LogP contribution in [0.3, 0.4) is 0 Å². The molecule has 0 amide bonds. The predicted molar refractivity (Wildman–Crippen MR) is 77.7 cm³/mol. The van der Waals surface area contributed by atoms with Gasteiger partial charge in [0.2, 0.25) is 0 Å². The Balaban J connectivity index is 1.92. The molecule has 0 saturated heterocycles. The van der Waals surface area contributed by atoms with E-state index in [-0.39, 0.29) is 0 Å². The van der Waals surface area contributed by atoms with Crippen molar-refractivity contribution in [3.05, 3.63) is 63.6 Å². The zero-order valence-corrected chi connectivity index (χ0v) is 11.4. The van der Waals surface area contributed by atoms with Crippen molar-refractivity contribution in [1.29, 1.82) is 0 Å². The molecular formula is C15H13Cl2N. The van der Waals surface area contributed by atoms with Gasteiger partial charge < -0.3 is 4.90 Å². The lowest BCUT2D eigenvalue weighted by atomic mass is 9.99. The lowest BCUT2D eigenvalue weighted by Crippen LogP contribution is -2.30. The normalized spacial score (nSPS) is 14.4. The fraction of sp³-hybridized carbons (Fsp3) is 0.200. The largest absolute Gasteiger partial charge is 0.366 e. The average molecular weight is 278 g/mol. The lowest BCUT2D eigenvalue weighted by Gasteiger charge is -2.31. The smallest absolute Gasteiger partial charge is 0.0654 e. The molecule has 0 spiro atoms. The summed E-state index contributed by atoms with van der Waals surface area (Å²) in [5.41, 5.74) is 3.89. The summed E-state index contributed by atoms with van der Waals surface area (Å²) in [6.45, 7) is 1.91. The molecule has 0 fully saturated rings. The van der Waals surface area contributed by atoms with Gasteiger partial charge in [0.05, 0.1) is 10.7 Å². The zero-order valence-electron chi connectivity index (χ0n) is 9.87. The molecule has 2 aromatic rings. The molecule has 1 nitrogen and oxygen atoms in total. The molecule has 0 N–H and O–H groups in total. The van der Waals surface area contributed by atoms with Gasteiger partial charge in [-0.3, -0.25) is 0 Å². The number of fused-ring (bicyclic) bond motifs is 1. The van der Waals surface area contributed by atoms with Crippen molar-refractivity contribution in [3.8, 4) is 0 Å². The van der Waals surface area contributed by atoms with Crippen LogP contribution in [0.4, 0.5) is 5.69 Å². The third-order valence-electron chi connectivity index (χ3n) is 3.38. The van der Waals surface area contributed by atoms with E-state index in [9.17, 15) is 0 Å². The van der Waals surface area contributed by atoms with E-state index in [1.54, 1.807) is 6.07 Å². The van der Waals surface area contributed by atoms with Crippen molar-refractivity contribution < 1.29 is 0 Å². The maximum absolute atomic E-state index is 6.26. The van der Waals surface area contributed by atoms with Crippen molar-refractivity contribution >= 4 is 28.9 Å². The van der Waals surface area contributed by atoms with E-state index in [1.807, 2.05) is 12.1 Å². The second-order valence-corrected chi connectivity index (χ2v) is 5.38. The molecule has 92 valence electrons. The van der Waals surface area contributed by atoms with Gasteiger partial charge in [-0.1, -0.05) is 47.5 Å². The van der Waals surface area contributed by atoms with Crippen molar-refractivity contribution in [3.63, 3.8) is 0 Å². The van der Waals surface area contributed by atoms with E-state index in [0.29, 0.717) is 5.02 Å². The monoisotopic (exact) mass is 277 g/mol. The van der Waals surface area contributed by atoms with Crippen molar-refractivity contribution in [2.24, 2.45) is 0 Å². The van der Waals surface area contributed by atoms with E-state index in [1.165, 1.54) is 11.1 Å². The van der Waals surface area contributed by atoms with Crippen LogP contribution in [0.1, 0.15) is 11.1 Å². The summed E-state index contributed by atoms with van der Waals surface area (Å²) in [6.07, 6.45) is 1.06. The van der Waals surface area contributed by atoms with Gasteiger partial charge in [-0.15, -0.1) is 0 Å². The molecule has 18 heavy (non-hydrogen) atoms. The van der Waals surface area contributed by atoms with Gasteiger partial charge in [0, 0.05) is 18.1 Å². The highest BCUT2D eigenvalue weighted by atomic mass is 35.5. The highest BCUT2D eigenvalue weighted by Gasteiger charge is 2.17. The number of rotatable bonds is 1. The summed E-state index contributed by atoms with van der Waals surface area (Å²) >= 11 is 12.2. The average Bonchev–Trinajstić information content (AvgIpc) is 2.38. The first kappa shape index (κ1) is 11.9. The highest BCUT2D eigenvalue weighted by Crippen LogP contribution is 2.32. The number of anilines is 1. The number of nitrogens with zero attached hydrogens (tertiary/aromatic N) is 1. The molecule has 3 rings (SSSR count).